The number of carbonyl (C=O) groups excluding carboxylic acids is 1. The average Bonchev–Trinajstić information content (AvgIpc) is 2.38. The highest BCUT2D eigenvalue weighted by Crippen LogP contribution is 2.18. The Kier molecular flexibility index (Phi) is 4.16. The fourth-order valence-electron chi connectivity index (χ4n) is 1.78. The number of carbonyl (C=O) groups is 1. The fraction of sp³-hybridized carbons (Fsp3) is 0.267. The van der Waals surface area contributed by atoms with E-state index in [2.05, 4.69) is 15.3 Å². The quantitative estimate of drug-likeness (QED) is 0.790. The van der Waals surface area contributed by atoms with E-state index in [1.54, 1.807) is 45.0 Å². The van der Waals surface area contributed by atoms with Gasteiger partial charge in [0.05, 0.1) is 5.56 Å². The SMILES string of the molecule is CC(C)(C)OC(=O)Nc1ccc(-c2c[nH]c(=O)[nH]c2=O)cc1. The molecule has 0 bridgehead atoms. The minimum absolute atomic E-state index is 0.336. The van der Waals surface area contributed by atoms with Crippen molar-refractivity contribution in [1.82, 2.24) is 9.97 Å². The highest BCUT2D eigenvalue weighted by molar-refractivity contribution is 5.85. The summed E-state index contributed by atoms with van der Waals surface area (Å²) < 4.78 is 5.14. The van der Waals surface area contributed by atoms with E-state index in [4.69, 9.17) is 4.74 Å². The molecule has 0 aliphatic rings. The Morgan fingerprint density at radius 3 is 2.32 bits per heavy atom. The van der Waals surface area contributed by atoms with Gasteiger partial charge < -0.3 is 9.72 Å². The van der Waals surface area contributed by atoms with E-state index < -0.39 is 22.9 Å². The first kappa shape index (κ1) is 15.6. The van der Waals surface area contributed by atoms with Crippen molar-refractivity contribution >= 4 is 11.8 Å². The number of aromatic amines is 2. The van der Waals surface area contributed by atoms with Gasteiger partial charge in [-0.2, -0.15) is 0 Å². The van der Waals surface area contributed by atoms with Crippen LogP contribution in [0.4, 0.5) is 10.5 Å². The third kappa shape index (κ3) is 4.08. The fourth-order valence-corrected chi connectivity index (χ4v) is 1.78. The molecule has 7 nitrogen and oxygen atoms in total. The normalized spacial score (nSPS) is 11.0. The third-order valence-corrected chi connectivity index (χ3v) is 2.66. The van der Waals surface area contributed by atoms with E-state index in [1.807, 2.05) is 0 Å². The molecule has 1 aromatic carbocycles. The third-order valence-electron chi connectivity index (χ3n) is 2.66. The Bertz CT molecular complexity index is 782. The zero-order valence-electron chi connectivity index (χ0n) is 12.5. The van der Waals surface area contributed by atoms with Gasteiger partial charge in [0.2, 0.25) is 0 Å². The highest BCUT2D eigenvalue weighted by Gasteiger charge is 2.16. The lowest BCUT2D eigenvalue weighted by atomic mass is 10.1. The van der Waals surface area contributed by atoms with Crippen molar-refractivity contribution in [2.75, 3.05) is 5.32 Å². The van der Waals surface area contributed by atoms with Gasteiger partial charge in [-0.1, -0.05) is 12.1 Å². The minimum Gasteiger partial charge on any atom is -0.444 e. The van der Waals surface area contributed by atoms with E-state index in [0.717, 1.165) is 0 Å². The summed E-state index contributed by atoms with van der Waals surface area (Å²) in [6, 6.07) is 6.61. The van der Waals surface area contributed by atoms with Gasteiger partial charge >= 0.3 is 11.8 Å². The van der Waals surface area contributed by atoms with Crippen LogP contribution in [0.25, 0.3) is 11.1 Å². The van der Waals surface area contributed by atoms with Crippen LogP contribution >= 0.6 is 0 Å². The number of anilines is 1. The second-order valence-corrected chi connectivity index (χ2v) is 5.69. The number of benzene rings is 1. The number of aromatic nitrogens is 2. The molecule has 0 aliphatic carbocycles. The van der Waals surface area contributed by atoms with Crippen LogP contribution in [0.1, 0.15) is 20.8 Å². The van der Waals surface area contributed by atoms with Gasteiger partial charge in [0.1, 0.15) is 5.60 Å². The molecule has 0 saturated carbocycles. The molecule has 2 aromatic rings. The molecule has 2 rings (SSSR count). The predicted molar refractivity (Wildman–Crippen MR) is 83.0 cm³/mol. The topological polar surface area (TPSA) is 104 Å². The monoisotopic (exact) mass is 303 g/mol. The van der Waals surface area contributed by atoms with Crippen LogP contribution in [0, 0.1) is 0 Å². The maximum Gasteiger partial charge on any atom is 0.412 e. The molecule has 3 N–H and O–H groups in total. The summed E-state index contributed by atoms with van der Waals surface area (Å²) in [5.41, 5.74) is -0.115. The van der Waals surface area contributed by atoms with Gasteiger partial charge in [0, 0.05) is 11.9 Å². The molecule has 0 aliphatic heterocycles. The molecule has 7 heteroatoms. The van der Waals surface area contributed by atoms with Crippen molar-refractivity contribution in [2.45, 2.75) is 26.4 Å². The summed E-state index contributed by atoms with van der Waals surface area (Å²) in [6.07, 6.45) is 0.791. The smallest absolute Gasteiger partial charge is 0.412 e. The molecule has 0 saturated heterocycles. The molecule has 0 unspecified atom stereocenters. The lowest BCUT2D eigenvalue weighted by Crippen LogP contribution is -2.27. The van der Waals surface area contributed by atoms with Crippen LogP contribution in [0.2, 0.25) is 0 Å². The number of rotatable bonds is 2. The summed E-state index contributed by atoms with van der Waals surface area (Å²) in [5, 5.41) is 2.60. The first-order chi connectivity index (χ1) is 10.2. The second kappa shape index (κ2) is 5.88. The number of hydrogen-bond donors (Lipinski definition) is 3. The molecular formula is C15H17N3O4. The van der Waals surface area contributed by atoms with Crippen molar-refractivity contribution in [2.24, 2.45) is 0 Å². The molecule has 0 fully saturated rings. The molecule has 0 radical (unpaired) electrons. The van der Waals surface area contributed by atoms with Crippen molar-refractivity contribution in [3.8, 4) is 11.1 Å². The van der Waals surface area contributed by atoms with Crippen LogP contribution in [-0.4, -0.2) is 21.7 Å². The van der Waals surface area contributed by atoms with Crippen molar-refractivity contribution in [1.29, 1.82) is 0 Å². The summed E-state index contributed by atoms with van der Waals surface area (Å²) >= 11 is 0. The lowest BCUT2D eigenvalue weighted by Gasteiger charge is -2.19. The van der Waals surface area contributed by atoms with E-state index in [-0.39, 0.29) is 0 Å². The molecule has 1 aromatic heterocycles. The molecule has 0 atom stereocenters. The Morgan fingerprint density at radius 1 is 1.14 bits per heavy atom. The Hall–Kier alpha value is -2.83. The predicted octanol–water partition coefficient (Wildman–Crippen LogP) is 2.08. The van der Waals surface area contributed by atoms with Crippen molar-refractivity contribution < 1.29 is 9.53 Å². The Labute approximate surface area is 126 Å². The maximum atomic E-state index is 11.7. The molecular weight excluding hydrogens is 286 g/mol. The second-order valence-electron chi connectivity index (χ2n) is 5.69. The van der Waals surface area contributed by atoms with Crippen molar-refractivity contribution in [3.63, 3.8) is 0 Å². The van der Waals surface area contributed by atoms with Crippen LogP contribution in [0.3, 0.4) is 0 Å². The van der Waals surface area contributed by atoms with Crippen LogP contribution in [-0.2, 0) is 4.74 Å². The first-order valence-electron chi connectivity index (χ1n) is 6.67. The molecule has 1 heterocycles. The van der Waals surface area contributed by atoms with Gasteiger partial charge in [-0.15, -0.1) is 0 Å². The number of H-pyrrole nitrogens is 2. The number of ether oxygens (including phenoxy) is 1. The van der Waals surface area contributed by atoms with Crippen molar-refractivity contribution in [3.05, 3.63) is 51.3 Å². The molecule has 116 valence electrons. The van der Waals surface area contributed by atoms with Gasteiger partial charge in [-0.3, -0.25) is 15.1 Å². The zero-order chi connectivity index (χ0) is 16.3. The lowest BCUT2D eigenvalue weighted by molar-refractivity contribution is 0.0636. The van der Waals surface area contributed by atoms with Gasteiger partial charge in [0.25, 0.3) is 5.56 Å². The van der Waals surface area contributed by atoms with E-state index in [9.17, 15) is 14.4 Å². The summed E-state index contributed by atoms with van der Waals surface area (Å²) in [5.74, 6) is 0. The molecule has 0 spiro atoms. The van der Waals surface area contributed by atoms with Gasteiger partial charge in [-0.25, -0.2) is 9.59 Å². The first-order valence-corrected chi connectivity index (χ1v) is 6.67. The number of hydrogen-bond acceptors (Lipinski definition) is 4. The maximum absolute atomic E-state index is 11.7. The van der Waals surface area contributed by atoms with Gasteiger partial charge in [-0.05, 0) is 38.5 Å². The van der Waals surface area contributed by atoms with Crippen LogP contribution in [0.5, 0.6) is 0 Å². The summed E-state index contributed by atoms with van der Waals surface area (Å²) in [7, 11) is 0. The molecule has 1 amide bonds. The van der Waals surface area contributed by atoms with Crippen LogP contribution < -0.4 is 16.6 Å². The van der Waals surface area contributed by atoms with Gasteiger partial charge in [0.15, 0.2) is 0 Å². The van der Waals surface area contributed by atoms with E-state index in [0.29, 0.717) is 16.8 Å². The Morgan fingerprint density at radius 2 is 1.77 bits per heavy atom. The standard InChI is InChI=1S/C15H17N3O4/c1-15(2,3)22-14(21)17-10-6-4-9(5-7-10)11-8-16-13(20)18-12(11)19/h4-8H,1-3H3,(H,17,21)(H2,16,18,19,20). The van der Waals surface area contributed by atoms with E-state index >= 15 is 0 Å². The minimum atomic E-state index is -0.576. The largest absolute Gasteiger partial charge is 0.444 e. The zero-order valence-corrected chi connectivity index (χ0v) is 12.5. The van der Waals surface area contributed by atoms with Crippen LogP contribution in [0.15, 0.2) is 40.1 Å². The summed E-state index contributed by atoms with van der Waals surface area (Å²) in [4.78, 5) is 38.9. The highest BCUT2D eigenvalue weighted by atomic mass is 16.6. The number of amides is 1. The summed E-state index contributed by atoms with van der Waals surface area (Å²) in [6.45, 7) is 5.33. The number of nitrogens with one attached hydrogen (secondary N) is 3. The Balaban J connectivity index is 2.15. The average molecular weight is 303 g/mol. The molecule has 22 heavy (non-hydrogen) atoms. The van der Waals surface area contributed by atoms with E-state index in [1.165, 1.54) is 6.20 Å².